The normalized spacial score (nSPS) is 32.9. The summed E-state index contributed by atoms with van der Waals surface area (Å²) in [6.45, 7) is 4.58. The van der Waals surface area contributed by atoms with E-state index < -0.39 is 0 Å². The molecule has 0 heterocycles. The van der Waals surface area contributed by atoms with Crippen molar-refractivity contribution in [3.8, 4) is 0 Å². The van der Waals surface area contributed by atoms with Gasteiger partial charge in [-0.2, -0.15) is 0 Å². The Morgan fingerprint density at radius 1 is 1.22 bits per heavy atom. The van der Waals surface area contributed by atoms with Crippen molar-refractivity contribution in [3.63, 3.8) is 0 Å². The number of carbonyl (C=O) groups excluding carboxylic acids is 1. The summed E-state index contributed by atoms with van der Waals surface area (Å²) in [4.78, 5) is 12.4. The highest BCUT2D eigenvalue weighted by atomic mass is 16.5. The van der Waals surface area contributed by atoms with Crippen LogP contribution in [0.25, 0.3) is 0 Å². The highest BCUT2D eigenvalue weighted by Crippen LogP contribution is 2.40. The number of hydrogen-bond acceptors (Lipinski definition) is 3. The molecule has 2 atom stereocenters. The third-order valence-corrected chi connectivity index (χ3v) is 4.77. The van der Waals surface area contributed by atoms with Crippen LogP contribution in [0.5, 0.6) is 0 Å². The van der Waals surface area contributed by atoms with Crippen LogP contribution in [0.2, 0.25) is 0 Å². The van der Waals surface area contributed by atoms with E-state index in [1.54, 1.807) is 0 Å². The van der Waals surface area contributed by atoms with Gasteiger partial charge in [-0.25, -0.2) is 0 Å². The van der Waals surface area contributed by atoms with Crippen LogP contribution < -0.4 is 5.32 Å². The van der Waals surface area contributed by atoms with Crippen molar-refractivity contribution in [2.45, 2.75) is 76.8 Å². The van der Waals surface area contributed by atoms with Gasteiger partial charge in [-0.1, -0.05) is 32.6 Å². The number of ether oxygens (including phenoxy) is 1. The van der Waals surface area contributed by atoms with E-state index in [1.807, 2.05) is 6.92 Å². The van der Waals surface area contributed by atoms with Gasteiger partial charge in [0.2, 0.25) is 0 Å². The molecule has 0 saturated heterocycles. The van der Waals surface area contributed by atoms with Crippen LogP contribution in [0.3, 0.4) is 0 Å². The van der Waals surface area contributed by atoms with Crippen molar-refractivity contribution in [2.75, 3.05) is 6.61 Å². The Bertz CT molecular complexity index is 286. The molecule has 3 heteroatoms. The van der Waals surface area contributed by atoms with Crippen LogP contribution in [0, 0.1) is 5.92 Å². The van der Waals surface area contributed by atoms with Crippen molar-refractivity contribution < 1.29 is 9.53 Å². The number of carbonyl (C=O) groups is 1. The van der Waals surface area contributed by atoms with Gasteiger partial charge in [0.25, 0.3) is 0 Å². The van der Waals surface area contributed by atoms with Gasteiger partial charge in [0.05, 0.1) is 6.61 Å². The molecule has 2 rings (SSSR count). The Labute approximate surface area is 111 Å². The maximum Gasteiger partial charge on any atom is 0.326 e. The topological polar surface area (TPSA) is 38.3 Å². The molecule has 0 radical (unpaired) electrons. The second-order valence-electron chi connectivity index (χ2n) is 5.81. The summed E-state index contributed by atoms with van der Waals surface area (Å²) >= 11 is 0. The molecule has 2 saturated carbocycles. The fraction of sp³-hybridized carbons (Fsp3) is 0.933. The van der Waals surface area contributed by atoms with Crippen LogP contribution in [-0.4, -0.2) is 24.2 Å². The zero-order valence-corrected chi connectivity index (χ0v) is 11.8. The summed E-state index contributed by atoms with van der Waals surface area (Å²) < 4.78 is 5.37. The Morgan fingerprint density at radius 3 is 2.56 bits per heavy atom. The number of nitrogens with one attached hydrogen (secondary N) is 1. The number of esters is 1. The van der Waals surface area contributed by atoms with E-state index in [0.717, 1.165) is 25.7 Å². The van der Waals surface area contributed by atoms with Gasteiger partial charge in [-0.3, -0.25) is 10.1 Å². The Kier molecular flexibility index (Phi) is 4.66. The van der Waals surface area contributed by atoms with E-state index in [1.165, 1.54) is 25.7 Å². The molecule has 0 aromatic heterocycles. The quantitative estimate of drug-likeness (QED) is 0.765. The van der Waals surface area contributed by atoms with Crippen LogP contribution in [0.1, 0.15) is 65.2 Å². The molecular formula is C15H27NO2. The standard InChI is InChI=1S/C15H27NO2/c1-3-12-8-7-11-15(12,14(17)18-4-2)16-13-9-5-6-10-13/h12-13,16H,3-11H2,1-2H3. The first-order chi connectivity index (χ1) is 8.73. The lowest BCUT2D eigenvalue weighted by molar-refractivity contribution is -0.153. The highest BCUT2D eigenvalue weighted by Gasteiger charge is 2.50. The van der Waals surface area contributed by atoms with Gasteiger partial charge in [-0.05, 0) is 38.5 Å². The predicted octanol–water partition coefficient (Wildman–Crippen LogP) is 3.03. The summed E-state index contributed by atoms with van der Waals surface area (Å²) in [6.07, 6.45) is 9.38. The average molecular weight is 253 g/mol. The van der Waals surface area contributed by atoms with Crippen molar-refractivity contribution >= 4 is 5.97 Å². The molecule has 18 heavy (non-hydrogen) atoms. The largest absolute Gasteiger partial charge is 0.465 e. The molecule has 0 aromatic carbocycles. The minimum absolute atomic E-state index is 0.00116. The van der Waals surface area contributed by atoms with Gasteiger partial charge in [0.15, 0.2) is 0 Å². The monoisotopic (exact) mass is 253 g/mol. The lowest BCUT2D eigenvalue weighted by Crippen LogP contribution is -2.58. The number of hydrogen-bond donors (Lipinski definition) is 1. The fourth-order valence-corrected chi connectivity index (χ4v) is 3.84. The van der Waals surface area contributed by atoms with Crippen molar-refractivity contribution in [1.82, 2.24) is 5.32 Å². The molecule has 2 unspecified atom stereocenters. The van der Waals surface area contributed by atoms with Gasteiger partial charge in [0, 0.05) is 6.04 Å². The summed E-state index contributed by atoms with van der Waals surface area (Å²) in [6, 6.07) is 0.529. The van der Waals surface area contributed by atoms with Crippen LogP contribution in [0.15, 0.2) is 0 Å². The lowest BCUT2D eigenvalue weighted by Gasteiger charge is -2.36. The summed E-state index contributed by atoms with van der Waals surface area (Å²) in [5.74, 6) is 0.457. The molecule has 3 nitrogen and oxygen atoms in total. The minimum Gasteiger partial charge on any atom is -0.465 e. The summed E-state index contributed by atoms with van der Waals surface area (Å²) in [7, 11) is 0. The zero-order chi connectivity index (χ0) is 13.0. The summed E-state index contributed by atoms with van der Waals surface area (Å²) in [5.41, 5.74) is -0.375. The molecule has 0 spiro atoms. The lowest BCUT2D eigenvalue weighted by atomic mass is 9.84. The third kappa shape index (κ3) is 2.56. The van der Waals surface area contributed by atoms with E-state index in [4.69, 9.17) is 4.74 Å². The number of rotatable bonds is 5. The molecule has 0 bridgehead atoms. The summed E-state index contributed by atoms with van der Waals surface area (Å²) in [5, 5.41) is 3.70. The molecule has 2 fully saturated rings. The Hall–Kier alpha value is -0.570. The molecule has 2 aliphatic rings. The average Bonchev–Trinajstić information content (AvgIpc) is 2.99. The minimum atomic E-state index is -0.375. The molecule has 0 aromatic rings. The molecule has 0 aliphatic heterocycles. The van der Waals surface area contributed by atoms with Crippen molar-refractivity contribution in [2.24, 2.45) is 5.92 Å². The molecule has 2 aliphatic carbocycles. The van der Waals surface area contributed by atoms with Gasteiger partial charge >= 0.3 is 5.97 Å². The Balaban J connectivity index is 2.12. The van der Waals surface area contributed by atoms with Gasteiger partial charge in [0.1, 0.15) is 5.54 Å². The van der Waals surface area contributed by atoms with E-state index in [9.17, 15) is 4.79 Å². The SMILES string of the molecule is CCOC(=O)C1(NC2CCCC2)CCCC1CC. The smallest absolute Gasteiger partial charge is 0.326 e. The maximum absolute atomic E-state index is 12.4. The van der Waals surface area contributed by atoms with Crippen molar-refractivity contribution in [1.29, 1.82) is 0 Å². The zero-order valence-electron chi connectivity index (χ0n) is 11.8. The predicted molar refractivity (Wildman–Crippen MR) is 72.4 cm³/mol. The fourth-order valence-electron chi connectivity index (χ4n) is 3.84. The second kappa shape index (κ2) is 6.05. The first kappa shape index (κ1) is 13.9. The second-order valence-corrected chi connectivity index (χ2v) is 5.81. The molecule has 0 amide bonds. The molecular weight excluding hydrogens is 226 g/mol. The molecule has 1 N–H and O–H groups in total. The first-order valence-corrected chi connectivity index (χ1v) is 7.68. The highest BCUT2D eigenvalue weighted by molar-refractivity contribution is 5.82. The van der Waals surface area contributed by atoms with E-state index in [0.29, 0.717) is 18.6 Å². The van der Waals surface area contributed by atoms with Gasteiger partial charge in [-0.15, -0.1) is 0 Å². The Morgan fingerprint density at radius 2 is 1.94 bits per heavy atom. The first-order valence-electron chi connectivity index (χ1n) is 7.68. The van der Waals surface area contributed by atoms with E-state index in [2.05, 4.69) is 12.2 Å². The maximum atomic E-state index is 12.4. The van der Waals surface area contributed by atoms with E-state index >= 15 is 0 Å². The third-order valence-electron chi connectivity index (χ3n) is 4.77. The van der Waals surface area contributed by atoms with Crippen LogP contribution in [0.4, 0.5) is 0 Å². The molecule has 104 valence electrons. The van der Waals surface area contributed by atoms with Crippen LogP contribution in [-0.2, 0) is 9.53 Å². The van der Waals surface area contributed by atoms with Gasteiger partial charge < -0.3 is 4.74 Å². The van der Waals surface area contributed by atoms with Crippen LogP contribution >= 0.6 is 0 Å². The van der Waals surface area contributed by atoms with Crippen molar-refractivity contribution in [3.05, 3.63) is 0 Å². The van der Waals surface area contributed by atoms with E-state index in [-0.39, 0.29) is 11.5 Å².